The molecule has 0 radical (unpaired) electrons. The molecule has 2 amide bonds. The Labute approximate surface area is 228 Å². The van der Waals surface area contributed by atoms with Gasteiger partial charge in [-0.25, -0.2) is 24.2 Å². The highest BCUT2D eigenvalue weighted by Crippen LogP contribution is 2.35. The largest absolute Gasteiger partial charge is 0.469 e. The predicted octanol–water partition coefficient (Wildman–Crippen LogP) is 3.62. The highest BCUT2D eigenvalue weighted by Gasteiger charge is 2.24. The molecule has 0 bridgehead atoms. The number of carbonyl (C=O) groups is 2. The molecule has 0 saturated carbocycles. The predicted molar refractivity (Wildman–Crippen MR) is 140 cm³/mol. The molecule has 0 spiro atoms. The van der Waals surface area contributed by atoms with Gasteiger partial charge in [0.05, 0.1) is 24.8 Å². The first-order chi connectivity index (χ1) is 18.5. The Morgan fingerprint density at radius 1 is 1.13 bits per heavy atom. The van der Waals surface area contributed by atoms with Crippen LogP contribution in [0.4, 0.5) is 15.0 Å². The molecule has 0 saturated heterocycles. The Bertz CT molecular complexity index is 1340. The molecule has 0 fully saturated rings. The lowest BCUT2D eigenvalue weighted by atomic mass is 10.2. The Hall–Kier alpha value is -3.16. The number of ether oxygens (including phenoxy) is 2. The first kappa shape index (κ1) is 30.4. The van der Waals surface area contributed by atoms with Crippen molar-refractivity contribution in [2.24, 2.45) is 0 Å². The average molecular weight is 585 g/mol. The van der Waals surface area contributed by atoms with E-state index < -0.39 is 38.3 Å². The van der Waals surface area contributed by atoms with E-state index in [1.54, 1.807) is 18.3 Å². The van der Waals surface area contributed by atoms with Crippen LogP contribution in [-0.2, 0) is 29.9 Å². The number of fused-ring (bicyclic) bond motifs is 1. The number of aromatic nitrogens is 1. The Morgan fingerprint density at radius 3 is 2.59 bits per heavy atom. The third-order valence-electron chi connectivity index (χ3n) is 5.24. The number of halogens is 2. The highest BCUT2D eigenvalue weighted by molar-refractivity contribution is 7.46. The Balaban J connectivity index is 1.65. The summed E-state index contributed by atoms with van der Waals surface area (Å²) in [4.78, 5) is 46.7. The van der Waals surface area contributed by atoms with Crippen molar-refractivity contribution in [2.45, 2.75) is 19.5 Å². The van der Waals surface area contributed by atoms with Crippen molar-refractivity contribution >= 4 is 48.0 Å². The number of benzene rings is 2. The van der Waals surface area contributed by atoms with Crippen LogP contribution in [0.15, 0.2) is 54.7 Å². The second-order valence-electron chi connectivity index (χ2n) is 8.13. The van der Waals surface area contributed by atoms with Crippen LogP contribution in [0.3, 0.4) is 0 Å². The standard InChI is InChI=1S/C24H27ClFN4O8P/c1-16(31)30(28-13-19-7-4-8-21(26)23(19)25)20(14-36-9-10-38-39(33,34)35)15-37-24(32)29-22-11-17-5-2-3-6-18(17)12-27-22/h2-8,11-12,20,28H,9-10,13-15H2,1H3,(H,27,29,32)(H2,33,34,35)/t20-/m0/s1. The van der Waals surface area contributed by atoms with Crippen molar-refractivity contribution in [2.75, 3.05) is 31.7 Å². The zero-order valence-electron chi connectivity index (χ0n) is 20.8. The topological polar surface area (TPSA) is 160 Å². The van der Waals surface area contributed by atoms with Crippen molar-refractivity contribution in [3.63, 3.8) is 0 Å². The van der Waals surface area contributed by atoms with Gasteiger partial charge >= 0.3 is 13.9 Å². The summed E-state index contributed by atoms with van der Waals surface area (Å²) in [7, 11) is -4.68. The molecule has 15 heteroatoms. The van der Waals surface area contributed by atoms with Crippen molar-refractivity contribution in [1.82, 2.24) is 15.4 Å². The third kappa shape index (κ3) is 9.83. The molecule has 4 N–H and O–H groups in total. The number of hydrogen-bond acceptors (Lipinski definition) is 8. The zero-order chi connectivity index (χ0) is 28.4. The van der Waals surface area contributed by atoms with E-state index in [1.165, 1.54) is 19.1 Å². The molecule has 1 heterocycles. The molecule has 210 valence electrons. The first-order valence-corrected chi connectivity index (χ1v) is 13.5. The normalized spacial score (nSPS) is 12.2. The summed E-state index contributed by atoms with van der Waals surface area (Å²) in [6.45, 7) is 0.0106. The summed E-state index contributed by atoms with van der Waals surface area (Å²) in [6.07, 6.45) is 0.754. The molecular formula is C24H27ClFN4O8P. The SMILES string of the molecule is CC(=O)N(NCc1cccc(F)c1Cl)[C@@H](COCCOP(=O)(O)O)COC(=O)Nc1cc2ccccc2cn1. The van der Waals surface area contributed by atoms with Crippen molar-refractivity contribution in [3.8, 4) is 0 Å². The van der Waals surface area contributed by atoms with Gasteiger partial charge in [0.2, 0.25) is 5.91 Å². The lowest BCUT2D eigenvalue weighted by molar-refractivity contribution is -0.138. The van der Waals surface area contributed by atoms with Crippen LogP contribution in [-0.4, -0.2) is 64.2 Å². The maximum absolute atomic E-state index is 13.8. The van der Waals surface area contributed by atoms with Crippen LogP contribution in [0.5, 0.6) is 0 Å². The van der Waals surface area contributed by atoms with E-state index >= 15 is 0 Å². The molecule has 0 unspecified atom stereocenters. The van der Waals surface area contributed by atoms with Crippen LogP contribution in [0.2, 0.25) is 5.02 Å². The maximum Gasteiger partial charge on any atom is 0.469 e. The lowest BCUT2D eigenvalue weighted by Crippen LogP contribution is -2.52. The number of hydrazine groups is 1. The summed E-state index contributed by atoms with van der Waals surface area (Å²) in [5.41, 5.74) is 3.21. The van der Waals surface area contributed by atoms with Gasteiger partial charge in [-0.2, -0.15) is 0 Å². The number of hydrogen-bond donors (Lipinski definition) is 4. The summed E-state index contributed by atoms with van der Waals surface area (Å²) < 4.78 is 39.7. The molecule has 0 aliphatic heterocycles. The fourth-order valence-electron chi connectivity index (χ4n) is 3.45. The summed E-state index contributed by atoms with van der Waals surface area (Å²) in [6, 6.07) is 12.4. The van der Waals surface area contributed by atoms with Gasteiger partial charge in [-0.1, -0.05) is 48.0 Å². The number of nitrogens with one attached hydrogen (secondary N) is 2. The van der Waals surface area contributed by atoms with Crippen LogP contribution in [0, 0.1) is 5.82 Å². The van der Waals surface area contributed by atoms with Gasteiger partial charge in [0.25, 0.3) is 0 Å². The van der Waals surface area contributed by atoms with Crippen molar-refractivity contribution in [3.05, 3.63) is 71.1 Å². The number of pyridine rings is 1. The van der Waals surface area contributed by atoms with E-state index in [0.717, 1.165) is 15.8 Å². The minimum absolute atomic E-state index is 0.0405. The molecule has 39 heavy (non-hydrogen) atoms. The van der Waals surface area contributed by atoms with Gasteiger partial charge in [0.15, 0.2) is 0 Å². The molecular weight excluding hydrogens is 558 g/mol. The van der Waals surface area contributed by atoms with E-state index in [1.807, 2.05) is 24.3 Å². The van der Waals surface area contributed by atoms with Crippen LogP contribution in [0.25, 0.3) is 10.8 Å². The van der Waals surface area contributed by atoms with Gasteiger partial charge in [-0.3, -0.25) is 19.6 Å². The van der Waals surface area contributed by atoms with E-state index in [-0.39, 0.29) is 37.2 Å². The first-order valence-electron chi connectivity index (χ1n) is 11.6. The number of amides is 2. The molecule has 1 atom stereocenters. The van der Waals surface area contributed by atoms with Crippen molar-refractivity contribution in [1.29, 1.82) is 0 Å². The smallest absolute Gasteiger partial charge is 0.447 e. The van der Waals surface area contributed by atoms with Crippen LogP contribution < -0.4 is 10.7 Å². The Morgan fingerprint density at radius 2 is 1.87 bits per heavy atom. The van der Waals surface area contributed by atoms with Gasteiger partial charge < -0.3 is 19.3 Å². The maximum atomic E-state index is 13.8. The second kappa shape index (κ2) is 14.3. The number of nitrogens with zero attached hydrogens (tertiary/aromatic N) is 2. The average Bonchev–Trinajstić information content (AvgIpc) is 2.88. The fraction of sp³-hybridized carbons (Fsp3) is 0.292. The molecule has 0 aliphatic rings. The zero-order valence-corrected chi connectivity index (χ0v) is 22.4. The van der Waals surface area contributed by atoms with Crippen LogP contribution in [0.1, 0.15) is 12.5 Å². The van der Waals surface area contributed by atoms with E-state index in [0.29, 0.717) is 5.56 Å². The van der Waals surface area contributed by atoms with Crippen molar-refractivity contribution < 1.29 is 42.3 Å². The van der Waals surface area contributed by atoms with Gasteiger partial charge in [0.1, 0.15) is 24.3 Å². The van der Waals surface area contributed by atoms with E-state index in [9.17, 15) is 18.5 Å². The summed E-state index contributed by atoms with van der Waals surface area (Å²) >= 11 is 6.00. The van der Waals surface area contributed by atoms with Gasteiger partial charge in [-0.05, 0) is 23.1 Å². The minimum atomic E-state index is -4.68. The highest BCUT2D eigenvalue weighted by atomic mass is 35.5. The summed E-state index contributed by atoms with van der Waals surface area (Å²) in [5.74, 6) is -0.858. The monoisotopic (exact) mass is 584 g/mol. The van der Waals surface area contributed by atoms with E-state index in [4.69, 9.17) is 30.9 Å². The lowest BCUT2D eigenvalue weighted by Gasteiger charge is -2.31. The molecule has 12 nitrogen and oxygen atoms in total. The molecule has 1 aromatic heterocycles. The molecule has 3 rings (SSSR count). The number of carbonyl (C=O) groups excluding carboxylic acids is 2. The minimum Gasteiger partial charge on any atom is -0.447 e. The molecule has 0 aliphatic carbocycles. The van der Waals surface area contributed by atoms with Crippen LogP contribution >= 0.6 is 19.4 Å². The quantitative estimate of drug-likeness (QED) is 0.133. The number of phosphoric ester groups is 1. The Kier molecular flexibility index (Phi) is 11.1. The van der Waals surface area contributed by atoms with Gasteiger partial charge in [0, 0.05) is 25.1 Å². The van der Waals surface area contributed by atoms with E-state index in [2.05, 4.69) is 20.3 Å². The second-order valence-corrected chi connectivity index (χ2v) is 9.75. The third-order valence-corrected chi connectivity index (χ3v) is 6.18. The number of phosphoric acid groups is 1. The molecule has 2 aromatic carbocycles. The summed E-state index contributed by atoms with van der Waals surface area (Å²) in [5, 5.41) is 5.28. The van der Waals surface area contributed by atoms with Gasteiger partial charge in [-0.15, -0.1) is 0 Å². The molecule has 3 aromatic rings. The number of anilines is 1. The number of rotatable bonds is 13. The fourth-order valence-corrected chi connectivity index (χ4v) is 3.95.